The molecule has 1 aliphatic carbocycles. The maximum atomic E-state index is 9.56. The van der Waals surface area contributed by atoms with E-state index in [0.29, 0.717) is 17.7 Å². The third kappa shape index (κ3) is 3.84. The number of rotatable bonds is 4. The number of anilines is 1. The lowest BCUT2D eigenvalue weighted by atomic mass is 9.82. The molecule has 1 aliphatic rings. The van der Waals surface area contributed by atoms with Crippen molar-refractivity contribution in [2.24, 2.45) is 5.92 Å². The van der Waals surface area contributed by atoms with Crippen molar-refractivity contribution in [3.63, 3.8) is 0 Å². The summed E-state index contributed by atoms with van der Waals surface area (Å²) in [5.74, 6) is 2.25. The average molecular weight is 464 g/mol. The molecule has 0 saturated heterocycles. The zero-order valence-electron chi connectivity index (χ0n) is 19.9. The maximum Gasteiger partial charge on any atom is 0.150 e. The summed E-state index contributed by atoms with van der Waals surface area (Å²) < 4.78 is 2.12. The Labute approximate surface area is 204 Å². The highest BCUT2D eigenvalue weighted by Gasteiger charge is 2.27. The van der Waals surface area contributed by atoms with E-state index in [1.807, 2.05) is 24.4 Å². The Morgan fingerprint density at radius 1 is 0.971 bits per heavy atom. The molecule has 0 amide bonds. The predicted molar refractivity (Wildman–Crippen MR) is 140 cm³/mol. The molecule has 0 bridgehead atoms. The summed E-state index contributed by atoms with van der Waals surface area (Å²) in [4.78, 5) is 14.5. The summed E-state index contributed by atoms with van der Waals surface area (Å²) in [6.45, 7) is 2.40. The summed E-state index contributed by atoms with van der Waals surface area (Å²) in [7, 11) is 0. The van der Waals surface area contributed by atoms with Gasteiger partial charge in [-0.1, -0.05) is 42.5 Å². The molecule has 3 aromatic heterocycles. The molecule has 6 nitrogen and oxygen atoms in total. The van der Waals surface area contributed by atoms with Gasteiger partial charge in [-0.25, -0.2) is 15.0 Å². The Kier molecular flexibility index (Phi) is 5.46. The van der Waals surface area contributed by atoms with E-state index in [1.54, 1.807) is 6.20 Å². The first-order chi connectivity index (χ1) is 17.1. The van der Waals surface area contributed by atoms with E-state index < -0.39 is 0 Å². The second kappa shape index (κ2) is 8.78. The van der Waals surface area contributed by atoms with E-state index in [1.165, 1.54) is 5.56 Å². The molecule has 0 aliphatic heterocycles. The molecule has 0 spiro atoms. The highest BCUT2D eigenvalue weighted by atomic mass is 16.3. The van der Waals surface area contributed by atoms with Gasteiger partial charge in [0.1, 0.15) is 22.9 Å². The number of aryl methyl sites for hydroxylation is 1. The summed E-state index contributed by atoms with van der Waals surface area (Å²) >= 11 is 0. The lowest BCUT2D eigenvalue weighted by Gasteiger charge is -2.26. The number of aliphatic hydroxyl groups excluding tert-OH is 1. The van der Waals surface area contributed by atoms with Crippen LogP contribution in [0.2, 0.25) is 0 Å². The van der Waals surface area contributed by atoms with E-state index in [0.717, 1.165) is 70.4 Å². The number of benzene rings is 2. The minimum absolute atomic E-state index is 0.269. The summed E-state index contributed by atoms with van der Waals surface area (Å²) in [5.41, 5.74) is 13.3. The first kappa shape index (κ1) is 21.7. The SMILES string of the molecule is Cc1cc(-c2ccccc2)nc2cc(-c3nc(C4CCC(CO)CC4)n4ccnc(N)c34)ccc12. The Balaban J connectivity index is 1.48. The zero-order chi connectivity index (χ0) is 23.9. The van der Waals surface area contributed by atoms with Crippen molar-refractivity contribution in [1.29, 1.82) is 0 Å². The van der Waals surface area contributed by atoms with E-state index in [-0.39, 0.29) is 6.61 Å². The molecule has 1 saturated carbocycles. The summed E-state index contributed by atoms with van der Waals surface area (Å²) in [6.07, 6.45) is 7.79. The molecule has 5 aromatic rings. The number of pyridine rings is 1. The standard InChI is InChI=1S/C29H29N5O/c1-18-15-24(20-5-3-2-4-6-20)32-25-16-22(11-12-23(18)25)26-27-28(30)31-13-14-34(27)29(33-26)21-9-7-19(17-35)8-10-21/h2-6,11-16,19,21,35H,7-10,17H2,1H3,(H2,30,31). The molecular weight excluding hydrogens is 434 g/mol. The van der Waals surface area contributed by atoms with Crippen LogP contribution in [0.1, 0.15) is 43.0 Å². The largest absolute Gasteiger partial charge is 0.396 e. The Bertz CT molecular complexity index is 1520. The van der Waals surface area contributed by atoms with Crippen molar-refractivity contribution < 1.29 is 5.11 Å². The van der Waals surface area contributed by atoms with Crippen LogP contribution in [0.15, 0.2) is 67.0 Å². The summed E-state index contributed by atoms with van der Waals surface area (Å²) in [6, 6.07) is 18.8. The first-order valence-electron chi connectivity index (χ1n) is 12.3. The van der Waals surface area contributed by atoms with Crippen molar-refractivity contribution in [2.45, 2.75) is 38.5 Å². The lowest BCUT2D eigenvalue weighted by molar-refractivity contribution is 0.181. The number of hydrogen-bond acceptors (Lipinski definition) is 5. The quantitative estimate of drug-likeness (QED) is 0.353. The predicted octanol–water partition coefficient (Wildman–Crippen LogP) is 5.77. The molecule has 3 N–H and O–H groups in total. The van der Waals surface area contributed by atoms with Gasteiger partial charge in [-0.2, -0.15) is 0 Å². The Hall–Kier alpha value is -3.77. The third-order valence-corrected chi connectivity index (χ3v) is 7.44. The fraction of sp³-hybridized carbons (Fsp3) is 0.276. The van der Waals surface area contributed by atoms with Crippen LogP contribution in [0.5, 0.6) is 0 Å². The minimum atomic E-state index is 0.269. The molecule has 6 rings (SSSR count). The molecule has 1 fully saturated rings. The van der Waals surface area contributed by atoms with Crippen LogP contribution < -0.4 is 5.73 Å². The molecule has 0 unspecified atom stereocenters. The Morgan fingerprint density at radius 3 is 2.54 bits per heavy atom. The molecular formula is C29H29N5O. The lowest BCUT2D eigenvalue weighted by Crippen LogP contribution is -2.17. The number of nitrogens with zero attached hydrogens (tertiary/aromatic N) is 4. The second-order valence-electron chi connectivity index (χ2n) is 9.67. The second-order valence-corrected chi connectivity index (χ2v) is 9.67. The number of nitrogens with two attached hydrogens (primary N) is 1. The van der Waals surface area contributed by atoms with Gasteiger partial charge in [-0.05, 0) is 56.2 Å². The number of aromatic nitrogens is 4. The maximum absolute atomic E-state index is 9.56. The molecule has 3 heterocycles. The number of imidazole rings is 1. The van der Waals surface area contributed by atoms with Crippen LogP contribution in [-0.2, 0) is 0 Å². The van der Waals surface area contributed by atoms with Gasteiger partial charge in [0, 0.05) is 41.4 Å². The van der Waals surface area contributed by atoms with Gasteiger partial charge in [-0.3, -0.25) is 4.40 Å². The van der Waals surface area contributed by atoms with E-state index >= 15 is 0 Å². The van der Waals surface area contributed by atoms with Crippen LogP contribution in [0, 0.1) is 12.8 Å². The summed E-state index contributed by atoms with van der Waals surface area (Å²) in [5, 5.41) is 10.7. The number of aliphatic hydroxyl groups is 1. The van der Waals surface area contributed by atoms with Gasteiger partial charge < -0.3 is 10.8 Å². The fourth-order valence-electron chi connectivity index (χ4n) is 5.49. The van der Waals surface area contributed by atoms with Crippen molar-refractivity contribution in [3.8, 4) is 22.5 Å². The van der Waals surface area contributed by atoms with Gasteiger partial charge in [0.05, 0.1) is 11.2 Å². The van der Waals surface area contributed by atoms with Gasteiger partial charge >= 0.3 is 0 Å². The van der Waals surface area contributed by atoms with Crippen molar-refractivity contribution in [3.05, 3.63) is 78.4 Å². The number of hydrogen-bond donors (Lipinski definition) is 2. The van der Waals surface area contributed by atoms with E-state index in [2.05, 4.69) is 52.7 Å². The zero-order valence-corrected chi connectivity index (χ0v) is 19.9. The normalized spacial score (nSPS) is 18.3. The molecule has 2 aromatic carbocycles. The topological polar surface area (TPSA) is 89.3 Å². The van der Waals surface area contributed by atoms with Crippen molar-refractivity contribution >= 4 is 22.2 Å². The number of fused-ring (bicyclic) bond motifs is 2. The first-order valence-corrected chi connectivity index (χ1v) is 12.3. The molecule has 0 atom stereocenters. The van der Waals surface area contributed by atoms with Gasteiger partial charge in [0.15, 0.2) is 0 Å². The van der Waals surface area contributed by atoms with E-state index in [9.17, 15) is 5.11 Å². The minimum Gasteiger partial charge on any atom is -0.396 e. The van der Waals surface area contributed by atoms with Crippen molar-refractivity contribution in [2.75, 3.05) is 12.3 Å². The fourth-order valence-corrected chi connectivity index (χ4v) is 5.49. The van der Waals surface area contributed by atoms with Gasteiger partial charge in [0.2, 0.25) is 0 Å². The van der Waals surface area contributed by atoms with Gasteiger partial charge in [-0.15, -0.1) is 0 Å². The molecule has 176 valence electrons. The monoisotopic (exact) mass is 463 g/mol. The molecule has 35 heavy (non-hydrogen) atoms. The van der Waals surface area contributed by atoms with Crippen LogP contribution in [0.3, 0.4) is 0 Å². The third-order valence-electron chi connectivity index (χ3n) is 7.44. The van der Waals surface area contributed by atoms with E-state index in [4.69, 9.17) is 15.7 Å². The van der Waals surface area contributed by atoms with Crippen LogP contribution in [0.4, 0.5) is 5.82 Å². The number of nitrogen functional groups attached to an aromatic ring is 1. The van der Waals surface area contributed by atoms with Crippen LogP contribution in [0.25, 0.3) is 38.9 Å². The smallest absolute Gasteiger partial charge is 0.150 e. The average Bonchev–Trinajstić information content (AvgIpc) is 3.30. The molecule has 6 heteroatoms. The Morgan fingerprint density at radius 2 is 1.77 bits per heavy atom. The van der Waals surface area contributed by atoms with Crippen LogP contribution in [-0.4, -0.2) is 31.1 Å². The van der Waals surface area contributed by atoms with Crippen LogP contribution >= 0.6 is 0 Å². The highest BCUT2D eigenvalue weighted by Crippen LogP contribution is 2.39. The highest BCUT2D eigenvalue weighted by molar-refractivity contribution is 5.92. The van der Waals surface area contributed by atoms with Gasteiger partial charge in [0.25, 0.3) is 0 Å². The molecule has 0 radical (unpaired) electrons. The van der Waals surface area contributed by atoms with Crippen molar-refractivity contribution in [1.82, 2.24) is 19.4 Å².